The van der Waals surface area contributed by atoms with Crippen LogP contribution in [-0.2, 0) is 16.0 Å². The van der Waals surface area contributed by atoms with Gasteiger partial charge in [0, 0.05) is 32.2 Å². The highest BCUT2D eigenvalue weighted by molar-refractivity contribution is 4.96. The maximum atomic E-state index is 5.34. The molecule has 2 fully saturated rings. The summed E-state index contributed by atoms with van der Waals surface area (Å²) in [6, 6.07) is 0. The molecule has 0 saturated carbocycles. The number of morpholine rings is 1. The zero-order valence-corrected chi connectivity index (χ0v) is 10.5. The molecule has 0 atom stereocenters. The molecule has 0 unspecified atom stereocenters. The van der Waals surface area contributed by atoms with Crippen LogP contribution in [0.15, 0.2) is 4.52 Å². The van der Waals surface area contributed by atoms with Gasteiger partial charge in [0.15, 0.2) is 5.82 Å². The summed E-state index contributed by atoms with van der Waals surface area (Å²) >= 11 is 0. The van der Waals surface area contributed by atoms with Gasteiger partial charge in [-0.3, -0.25) is 4.90 Å². The highest BCUT2D eigenvalue weighted by atomic mass is 16.5. The van der Waals surface area contributed by atoms with Crippen molar-refractivity contribution in [2.24, 2.45) is 0 Å². The normalized spacial score (nSPS) is 23.3. The van der Waals surface area contributed by atoms with E-state index in [2.05, 4.69) is 15.0 Å². The summed E-state index contributed by atoms with van der Waals surface area (Å²) in [7, 11) is 0. The Balaban J connectivity index is 1.58. The van der Waals surface area contributed by atoms with E-state index in [9.17, 15) is 0 Å². The second kappa shape index (κ2) is 5.77. The summed E-state index contributed by atoms with van der Waals surface area (Å²) in [4.78, 5) is 6.79. The minimum atomic E-state index is 0.404. The summed E-state index contributed by atoms with van der Waals surface area (Å²) in [6.45, 7) is 5.81. The van der Waals surface area contributed by atoms with Crippen molar-refractivity contribution in [1.29, 1.82) is 0 Å². The molecule has 6 heteroatoms. The molecule has 0 aromatic carbocycles. The Labute approximate surface area is 106 Å². The van der Waals surface area contributed by atoms with Crippen molar-refractivity contribution in [2.45, 2.75) is 25.3 Å². The van der Waals surface area contributed by atoms with Crippen LogP contribution in [0.4, 0.5) is 0 Å². The lowest BCUT2D eigenvalue weighted by atomic mass is 10.00. The SMILES string of the molecule is C1CC(c2noc(CN3CCOCC3)n2)CCO1. The third kappa shape index (κ3) is 2.88. The first-order valence-electron chi connectivity index (χ1n) is 6.62. The second-order valence-electron chi connectivity index (χ2n) is 4.82. The van der Waals surface area contributed by atoms with Crippen molar-refractivity contribution in [1.82, 2.24) is 15.0 Å². The van der Waals surface area contributed by atoms with E-state index in [1.807, 2.05) is 0 Å². The molecule has 3 rings (SSSR count). The van der Waals surface area contributed by atoms with Gasteiger partial charge in [-0.1, -0.05) is 5.16 Å². The van der Waals surface area contributed by atoms with Crippen molar-refractivity contribution in [3.63, 3.8) is 0 Å². The minimum absolute atomic E-state index is 0.404. The second-order valence-corrected chi connectivity index (χ2v) is 4.82. The van der Waals surface area contributed by atoms with Gasteiger partial charge in [0.1, 0.15) is 0 Å². The van der Waals surface area contributed by atoms with Crippen LogP contribution >= 0.6 is 0 Å². The highest BCUT2D eigenvalue weighted by Gasteiger charge is 2.22. The third-order valence-corrected chi connectivity index (χ3v) is 3.53. The minimum Gasteiger partial charge on any atom is -0.381 e. The van der Waals surface area contributed by atoms with Crippen LogP contribution in [0.5, 0.6) is 0 Å². The number of rotatable bonds is 3. The van der Waals surface area contributed by atoms with Gasteiger partial charge in [-0.05, 0) is 12.8 Å². The molecule has 100 valence electrons. The van der Waals surface area contributed by atoms with Gasteiger partial charge in [-0.25, -0.2) is 0 Å². The monoisotopic (exact) mass is 253 g/mol. The van der Waals surface area contributed by atoms with Gasteiger partial charge in [-0.15, -0.1) is 0 Å². The lowest BCUT2D eigenvalue weighted by Gasteiger charge is -2.24. The lowest BCUT2D eigenvalue weighted by Crippen LogP contribution is -2.35. The van der Waals surface area contributed by atoms with Crippen LogP contribution in [0, 0.1) is 0 Å². The molecule has 2 saturated heterocycles. The molecule has 0 spiro atoms. The van der Waals surface area contributed by atoms with Crippen LogP contribution in [0.3, 0.4) is 0 Å². The van der Waals surface area contributed by atoms with Crippen LogP contribution in [-0.4, -0.2) is 54.6 Å². The molecule has 2 aliphatic heterocycles. The van der Waals surface area contributed by atoms with Crippen LogP contribution in [0.2, 0.25) is 0 Å². The zero-order valence-electron chi connectivity index (χ0n) is 10.5. The lowest BCUT2D eigenvalue weighted by molar-refractivity contribution is 0.0297. The topological polar surface area (TPSA) is 60.6 Å². The number of ether oxygens (including phenoxy) is 2. The average molecular weight is 253 g/mol. The molecule has 0 aliphatic carbocycles. The molecule has 0 N–H and O–H groups in total. The van der Waals surface area contributed by atoms with E-state index in [-0.39, 0.29) is 0 Å². The van der Waals surface area contributed by atoms with Gasteiger partial charge in [-0.2, -0.15) is 4.98 Å². The fourth-order valence-electron chi connectivity index (χ4n) is 2.40. The maximum absolute atomic E-state index is 5.34. The summed E-state index contributed by atoms with van der Waals surface area (Å²) in [5, 5.41) is 4.11. The predicted molar refractivity (Wildman–Crippen MR) is 63.2 cm³/mol. The summed E-state index contributed by atoms with van der Waals surface area (Å²) in [5.74, 6) is 1.97. The van der Waals surface area contributed by atoms with Crippen molar-refractivity contribution in [3.8, 4) is 0 Å². The first-order valence-corrected chi connectivity index (χ1v) is 6.62. The number of aromatic nitrogens is 2. The largest absolute Gasteiger partial charge is 0.381 e. The molecule has 2 aliphatic rings. The maximum Gasteiger partial charge on any atom is 0.240 e. The standard InChI is InChI=1S/C12H19N3O3/c1-5-16-6-2-10(1)12-13-11(18-14-12)9-15-3-7-17-8-4-15/h10H,1-9H2. The van der Waals surface area contributed by atoms with Gasteiger partial charge in [0.25, 0.3) is 0 Å². The van der Waals surface area contributed by atoms with E-state index in [1.54, 1.807) is 0 Å². The fraction of sp³-hybridized carbons (Fsp3) is 0.833. The molecular formula is C12H19N3O3. The predicted octanol–water partition coefficient (Wildman–Crippen LogP) is 0.796. The van der Waals surface area contributed by atoms with Crippen molar-refractivity contribution < 1.29 is 14.0 Å². The molecule has 1 aromatic heterocycles. The van der Waals surface area contributed by atoms with E-state index in [4.69, 9.17) is 14.0 Å². The van der Waals surface area contributed by atoms with Crippen LogP contribution < -0.4 is 0 Å². The summed E-state index contributed by atoms with van der Waals surface area (Å²) in [6.07, 6.45) is 1.99. The molecule has 3 heterocycles. The first-order chi connectivity index (χ1) is 8.92. The van der Waals surface area contributed by atoms with E-state index < -0.39 is 0 Å². The molecule has 0 bridgehead atoms. The quantitative estimate of drug-likeness (QED) is 0.794. The van der Waals surface area contributed by atoms with E-state index >= 15 is 0 Å². The first kappa shape index (κ1) is 12.1. The number of nitrogens with zero attached hydrogens (tertiary/aromatic N) is 3. The number of hydrogen-bond acceptors (Lipinski definition) is 6. The molecule has 18 heavy (non-hydrogen) atoms. The number of hydrogen-bond donors (Lipinski definition) is 0. The Hall–Kier alpha value is -0.980. The molecule has 0 amide bonds. The highest BCUT2D eigenvalue weighted by Crippen LogP contribution is 2.24. The van der Waals surface area contributed by atoms with Crippen LogP contribution in [0.1, 0.15) is 30.5 Å². The van der Waals surface area contributed by atoms with E-state index in [0.29, 0.717) is 5.92 Å². The van der Waals surface area contributed by atoms with E-state index in [0.717, 1.165) is 70.6 Å². The van der Waals surface area contributed by atoms with Gasteiger partial charge >= 0.3 is 0 Å². The Bertz CT molecular complexity index is 370. The molecule has 0 radical (unpaired) electrons. The average Bonchev–Trinajstić information content (AvgIpc) is 2.89. The van der Waals surface area contributed by atoms with Gasteiger partial charge in [0.05, 0.1) is 19.8 Å². The Morgan fingerprint density at radius 2 is 1.78 bits per heavy atom. The van der Waals surface area contributed by atoms with Crippen molar-refractivity contribution in [2.75, 3.05) is 39.5 Å². The third-order valence-electron chi connectivity index (χ3n) is 3.53. The zero-order chi connectivity index (χ0) is 12.2. The summed E-state index contributed by atoms with van der Waals surface area (Å²) in [5.41, 5.74) is 0. The van der Waals surface area contributed by atoms with E-state index in [1.165, 1.54) is 0 Å². The smallest absolute Gasteiger partial charge is 0.240 e. The Morgan fingerprint density at radius 3 is 2.56 bits per heavy atom. The van der Waals surface area contributed by atoms with Crippen LogP contribution in [0.25, 0.3) is 0 Å². The van der Waals surface area contributed by atoms with Crippen molar-refractivity contribution in [3.05, 3.63) is 11.7 Å². The fourth-order valence-corrected chi connectivity index (χ4v) is 2.40. The summed E-state index contributed by atoms with van der Waals surface area (Å²) < 4.78 is 16.0. The van der Waals surface area contributed by atoms with Gasteiger partial charge < -0.3 is 14.0 Å². The Kier molecular flexibility index (Phi) is 3.87. The van der Waals surface area contributed by atoms with Crippen molar-refractivity contribution >= 4 is 0 Å². The molecule has 6 nitrogen and oxygen atoms in total. The molecule has 1 aromatic rings. The Morgan fingerprint density at radius 1 is 1.06 bits per heavy atom. The molecular weight excluding hydrogens is 234 g/mol. The van der Waals surface area contributed by atoms with Gasteiger partial charge in [0.2, 0.25) is 5.89 Å².